The fourth-order valence-electron chi connectivity index (χ4n) is 2.26. The number of thiophene rings is 1. The van der Waals surface area contributed by atoms with Crippen LogP contribution in [0.25, 0.3) is 0 Å². The van der Waals surface area contributed by atoms with Gasteiger partial charge in [-0.15, -0.1) is 11.3 Å². The van der Waals surface area contributed by atoms with Crippen molar-refractivity contribution in [2.75, 3.05) is 33.5 Å². The Balaban J connectivity index is 1.57. The number of aryl methyl sites for hydroxylation is 2. The lowest BCUT2D eigenvalue weighted by atomic mass is 10.2. The van der Waals surface area contributed by atoms with Crippen molar-refractivity contribution in [2.45, 2.75) is 31.9 Å². The first-order valence-corrected chi connectivity index (χ1v) is 7.67. The van der Waals surface area contributed by atoms with Crippen LogP contribution in [-0.4, -0.2) is 44.7 Å². The summed E-state index contributed by atoms with van der Waals surface area (Å²) in [6.45, 7) is 2.87. The number of hydrogen-bond donors (Lipinski definition) is 2. The van der Waals surface area contributed by atoms with Crippen LogP contribution in [0.3, 0.4) is 0 Å². The van der Waals surface area contributed by atoms with Crippen LogP contribution >= 0.6 is 11.3 Å². The molecule has 1 aromatic heterocycles. The van der Waals surface area contributed by atoms with E-state index in [0.717, 1.165) is 6.54 Å². The lowest BCUT2D eigenvalue weighted by Crippen LogP contribution is -2.30. The molecule has 108 valence electrons. The number of fused-ring (bicyclic) bond motifs is 1. The summed E-state index contributed by atoms with van der Waals surface area (Å²) in [5, 5.41) is 13.0. The molecule has 0 amide bonds. The van der Waals surface area contributed by atoms with E-state index >= 15 is 0 Å². The number of aliphatic hydroxyl groups is 1. The molecular weight excluding hydrogens is 262 g/mol. The van der Waals surface area contributed by atoms with Gasteiger partial charge < -0.3 is 19.9 Å². The Hall–Kier alpha value is -0.460. The fraction of sp³-hybridized carbons (Fsp3) is 0.714. The first-order chi connectivity index (χ1) is 9.29. The molecule has 0 aliphatic heterocycles. The van der Waals surface area contributed by atoms with Crippen LogP contribution in [0.4, 0.5) is 0 Å². The van der Waals surface area contributed by atoms with Crippen LogP contribution in [0.5, 0.6) is 0 Å². The van der Waals surface area contributed by atoms with E-state index in [1.807, 2.05) is 11.3 Å². The highest BCUT2D eigenvalue weighted by Gasteiger charge is 2.14. The minimum Gasteiger partial charge on any atom is -0.389 e. The second-order valence-corrected chi connectivity index (χ2v) is 6.09. The van der Waals surface area contributed by atoms with Crippen molar-refractivity contribution in [1.29, 1.82) is 0 Å². The number of aliphatic hydroxyl groups excluding tert-OH is 1. The van der Waals surface area contributed by atoms with Crippen LogP contribution in [-0.2, 0) is 28.9 Å². The molecule has 2 N–H and O–H groups in total. The van der Waals surface area contributed by atoms with Crippen LogP contribution in [0.1, 0.15) is 21.7 Å². The standard InChI is InChI=1S/C14H23NO3S/c1-17-5-6-18-10-12(16)8-15-9-13-7-11-3-2-4-14(11)19-13/h7,12,15-16H,2-6,8-10H2,1H3. The van der Waals surface area contributed by atoms with E-state index in [1.54, 1.807) is 12.0 Å². The van der Waals surface area contributed by atoms with Gasteiger partial charge in [0.1, 0.15) is 0 Å². The molecule has 0 bridgehead atoms. The van der Waals surface area contributed by atoms with Crippen LogP contribution in [0.2, 0.25) is 0 Å². The summed E-state index contributed by atoms with van der Waals surface area (Å²) < 4.78 is 10.1. The Morgan fingerprint density at radius 2 is 2.32 bits per heavy atom. The molecule has 0 radical (unpaired) electrons. The smallest absolute Gasteiger partial charge is 0.0897 e. The van der Waals surface area contributed by atoms with Crippen LogP contribution in [0.15, 0.2) is 6.07 Å². The monoisotopic (exact) mass is 285 g/mol. The Bertz CT molecular complexity index is 359. The summed E-state index contributed by atoms with van der Waals surface area (Å²) in [4.78, 5) is 2.93. The van der Waals surface area contributed by atoms with Crippen molar-refractivity contribution in [3.8, 4) is 0 Å². The summed E-state index contributed by atoms with van der Waals surface area (Å²) in [5.74, 6) is 0. The van der Waals surface area contributed by atoms with Gasteiger partial charge in [0.25, 0.3) is 0 Å². The minimum absolute atomic E-state index is 0.358. The molecule has 19 heavy (non-hydrogen) atoms. The van der Waals surface area contributed by atoms with Gasteiger partial charge in [-0.25, -0.2) is 0 Å². The highest BCUT2D eigenvalue weighted by Crippen LogP contribution is 2.30. The molecule has 4 nitrogen and oxygen atoms in total. The van der Waals surface area contributed by atoms with Crippen molar-refractivity contribution in [1.82, 2.24) is 5.32 Å². The zero-order chi connectivity index (χ0) is 13.5. The van der Waals surface area contributed by atoms with E-state index in [9.17, 15) is 5.11 Å². The van der Waals surface area contributed by atoms with Gasteiger partial charge in [-0.1, -0.05) is 0 Å². The molecule has 1 atom stereocenters. The Morgan fingerprint density at radius 1 is 1.42 bits per heavy atom. The quantitative estimate of drug-likeness (QED) is 0.673. The van der Waals surface area contributed by atoms with Gasteiger partial charge in [0.05, 0.1) is 25.9 Å². The maximum atomic E-state index is 9.72. The molecule has 0 fully saturated rings. The highest BCUT2D eigenvalue weighted by molar-refractivity contribution is 7.12. The molecule has 1 unspecified atom stereocenters. The molecule has 2 rings (SSSR count). The van der Waals surface area contributed by atoms with Gasteiger partial charge in [-0.05, 0) is 30.9 Å². The SMILES string of the molecule is COCCOCC(O)CNCc1cc2c(s1)CCC2. The number of ether oxygens (including phenoxy) is 2. The van der Waals surface area contributed by atoms with Crippen LogP contribution < -0.4 is 5.32 Å². The third-order valence-electron chi connectivity index (χ3n) is 3.22. The van der Waals surface area contributed by atoms with Gasteiger partial charge in [-0.3, -0.25) is 0 Å². The van der Waals surface area contributed by atoms with Gasteiger partial charge in [0.15, 0.2) is 0 Å². The largest absolute Gasteiger partial charge is 0.389 e. The Morgan fingerprint density at radius 3 is 3.11 bits per heavy atom. The third kappa shape index (κ3) is 4.85. The van der Waals surface area contributed by atoms with E-state index in [1.165, 1.54) is 29.7 Å². The number of methoxy groups -OCH3 is 1. The van der Waals surface area contributed by atoms with E-state index in [4.69, 9.17) is 9.47 Å². The van der Waals surface area contributed by atoms with Crippen molar-refractivity contribution in [2.24, 2.45) is 0 Å². The van der Waals surface area contributed by atoms with E-state index in [-0.39, 0.29) is 0 Å². The van der Waals surface area contributed by atoms with E-state index in [2.05, 4.69) is 11.4 Å². The maximum Gasteiger partial charge on any atom is 0.0897 e. The molecule has 1 heterocycles. The summed E-state index contributed by atoms with van der Waals surface area (Å²) in [7, 11) is 1.64. The zero-order valence-corrected chi connectivity index (χ0v) is 12.3. The van der Waals surface area contributed by atoms with Crippen molar-refractivity contribution >= 4 is 11.3 Å². The summed E-state index contributed by atoms with van der Waals surface area (Å²) in [6.07, 6.45) is 3.34. The van der Waals surface area contributed by atoms with Gasteiger partial charge in [0.2, 0.25) is 0 Å². The number of rotatable bonds is 9. The summed E-state index contributed by atoms with van der Waals surface area (Å²) in [5.41, 5.74) is 1.53. The molecule has 0 spiro atoms. The molecule has 0 saturated carbocycles. The first kappa shape index (κ1) is 14.9. The molecule has 0 saturated heterocycles. The lowest BCUT2D eigenvalue weighted by molar-refractivity contribution is 0.0137. The number of hydrogen-bond acceptors (Lipinski definition) is 5. The fourth-order valence-corrected chi connectivity index (χ4v) is 3.49. The second kappa shape index (κ2) is 7.97. The molecule has 5 heteroatoms. The number of nitrogens with one attached hydrogen (secondary N) is 1. The highest BCUT2D eigenvalue weighted by atomic mass is 32.1. The van der Waals surface area contributed by atoms with Gasteiger partial charge in [-0.2, -0.15) is 0 Å². The summed E-state index contributed by atoms with van der Waals surface area (Å²) >= 11 is 1.91. The third-order valence-corrected chi connectivity index (χ3v) is 4.46. The lowest BCUT2D eigenvalue weighted by Gasteiger charge is -2.11. The molecular formula is C14H23NO3S. The van der Waals surface area contributed by atoms with Crippen molar-refractivity contribution in [3.63, 3.8) is 0 Å². The normalized spacial score (nSPS) is 15.7. The van der Waals surface area contributed by atoms with Gasteiger partial charge >= 0.3 is 0 Å². The minimum atomic E-state index is -0.455. The van der Waals surface area contributed by atoms with Crippen molar-refractivity contribution in [3.05, 3.63) is 21.4 Å². The second-order valence-electron chi connectivity index (χ2n) is 4.87. The van der Waals surface area contributed by atoms with E-state index in [0.29, 0.717) is 26.4 Å². The molecule has 1 aromatic rings. The predicted octanol–water partition coefficient (Wildman–Crippen LogP) is 1.35. The summed E-state index contributed by atoms with van der Waals surface area (Å²) in [6, 6.07) is 2.31. The predicted molar refractivity (Wildman–Crippen MR) is 76.8 cm³/mol. The molecule has 1 aliphatic carbocycles. The Kier molecular flexibility index (Phi) is 6.26. The van der Waals surface area contributed by atoms with E-state index < -0.39 is 6.10 Å². The molecule has 1 aliphatic rings. The molecule has 0 aromatic carbocycles. The van der Waals surface area contributed by atoms with Gasteiger partial charge in [0, 0.05) is 30.0 Å². The first-order valence-electron chi connectivity index (χ1n) is 6.85. The average molecular weight is 285 g/mol. The Labute approximate surface area is 118 Å². The zero-order valence-electron chi connectivity index (χ0n) is 11.5. The maximum absolute atomic E-state index is 9.72. The van der Waals surface area contributed by atoms with Crippen LogP contribution in [0, 0.1) is 0 Å². The van der Waals surface area contributed by atoms with Crippen molar-refractivity contribution < 1.29 is 14.6 Å². The topological polar surface area (TPSA) is 50.7 Å². The average Bonchev–Trinajstić information content (AvgIpc) is 2.95.